The molecule has 0 amide bonds. The molecule has 0 aliphatic carbocycles. The van der Waals surface area contributed by atoms with Gasteiger partial charge in [-0.15, -0.1) is 0 Å². The second kappa shape index (κ2) is 7.12. The van der Waals surface area contributed by atoms with E-state index >= 15 is 0 Å². The molecule has 1 aliphatic heterocycles. The molecule has 0 spiro atoms. The number of fused-ring (bicyclic) bond motifs is 1. The van der Waals surface area contributed by atoms with E-state index in [0.717, 1.165) is 0 Å². The number of aliphatic imine (C=N–C) groups is 1. The number of ether oxygens (including phenoxy) is 1. The highest BCUT2D eigenvalue weighted by atomic mass is 19.1. The van der Waals surface area contributed by atoms with Crippen molar-refractivity contribution in [2.75, 3.05) is 19.8 Å². The Hall–Kier alpha value is -3.13. The average Bonchev–Trinajstić information content (AvgIpc) is 3.04. The zero-order chi connectivity index (χ0) is 19.7. The third-order valence-electron chi connectivity index (χ3n) is 4.94. The molecule has 4 rings (SSSR count). The van der Waals surface area contributed by atoms with Crippen molar-refractivity contribution in [3.8, 4) is 0 Å². The topological polar surface area (TPSA) is 95.4 Å². The number of Topliss-reactive ketones (excluding diaryl/α,β-unsaturated/α-hetero) is 1. The normalized spacial score (nSPS) is 16.1. The number of carbonyl (C=O) groups excluding carboxylic acids is 1. The van der Waals surface area contributed by atoms with E-state index in [-0.39, 0.29) is 30.5 Å². The molecule has 0 radical (unpaired) electrons. The highest BCUT2D eigenvalue weighted by Gasteiger charge is 2.40. The van der Waals surface area contributed by atoms with Gasteiger partial charge in [0, 0.05) is 11.8 Å². The standard InChI is InChI=1S/C20H20FN5O2/c1-20(11-28-12-20)16(27)9-24-18(22)17-14-6-4-8-23-19(14)26(25-17)10-13-5-2-3-7-15(13)21/h2-8H,9-12H2,1H3,(H2,22,24). The van der Waals surface area contributed by atoms with Crippen LogP contribution in [0.4, 0.5) is 4.39 Å². The number of rotatable bonds is 6. The SMILES string of the molecule is CC1(C(=O)CN=C(N)c2nn(Cc3ccccc3F)c3ncccc23)COC1. The quantitative estimate of drug-likeness (QED) is 0.520. The number of hydrogen-bond donors (Lipinski definition) is 1. The van der Waals surface area contributed by atoms with E-state index in [1.807, 2.05) is 13.0 Å². The van der Waals surface area contributed by atoms with Gasteiger partial charge in [0.15, 0.2) is 11.4 Å². The number of benzene rings is 1. The fraction of sp³-hybridized carbons (Fsp3) is 0.300. The Bertz CT molecular complexity index is 1070. The number of aromatic nitrogens is 3. The lowest BCUT2D eigenvalue weighted by Gasteiger charge is -2.35. The Morgan fingerprint density at radius 2 is 2.11 bits per heavy atom. The highest BCUT2D eigenvalue weighted by molar-refractivity contribution is 6.07. The average molecular weight is 381 g/mol. The molecule has 1 aromatic carbocycles. The van der Waals surface area contributed by atoms with E-state index in [2.05, 4.69) is 15.1 Å². The van der Waals surface area contributed by atoms with Crippen LogP contribution in [0.1, 0.15) is 18.2 Å². The third-order valence-corrected chi connectivity index (χ3v) is 4.94. The number of hydrogen-bond acceptors (Lipinski definition) is 5. The maximum absolute atomic E-state index is 14.0. The van der Waals surface area contributed by atoms with Crippen LogP contribution in [0.25, 0.3) is 11.0 Å². The molecule has 0 unspecified atom stereocenters. The van der Waals surface area contributed by atoms with Gasteiger partial charge in [0.25, 0.3) is 0 Å². The first-order chi connectivity index (χ1) is 13.5. The summed E-state index contributed by atoms with van der Waals surface area (Å²) in [5, 5.41) is 5.20. The van der Waals surface area contributed by atoms with Crippen molar-refractivity contribution in [1.29, 1.82) is 0 Å². The molecule has 2 N–H and O–H groups in total. The third kappa shape index (κ3) is 3.27. The summed E-state index contributed by atoms with van der Waals surface area (Å²) in [5.74, 6) is -0.177. The molecule has 1 aliphatic rings. The predicted octanol–water partition coefficient (Wildman–Crippen LogP) is 1.93. The van der Waals surface area contributed by atoms with Gasteiger partial charge in [-0.3, -0.25) is 9.79 Å². The van der Waals surface area contributed by atoms with Crippen LogP contribution in [0.2, 0.25) is 0 Å². The van der Waals surface area contributed by atoms with Crippen molar-refractivity contribution in [2.24, 2.45) is 16.1 Å². The lowest BCUT2D eigenvalue weighted by molar-refractivity contribution is -0.153. The molecule has 144 valence electrons. The van der Waals surface area contributed by atoms with Crippen molar-refractivity contribution in [3.63, 3.8) is 0 Å². The molecule has 3 heterocycles. The van der Waals surface area contributed by atoms with Gasteiger partial charge in [-0.25, -0.2) is 14.1 Å². The van der Waals surface area contributed by atoms with E-state index in [4.69, 9.17) is 10.5 Å². The lowest BCUT2D eigenvalue weighted by Crippen LogP contribution is -2.47. The minimum atomic E-state index is -0.488. The Morgan fingerprint density at radius 3 is 2.82 bits per heavy atom. The maximum Gasteiger partial charge on any atom is 0.164 e. The molecular formula is C20H20FN5O2. The molecule has 8 heteroatoms. The van der Waals surface area contributed by atoms with Gasteiger partial charge in [0.2, 0.25) is 0 Å². The molecule has 0 saturated carbocycles. The summed E-state index contributed by atoms with van der Waals surface area (Å²) in [7, 11) is 0. The van der Waals surface area contributed by atoms with Gasteiger partial charge in [-0.1, -0.05) is 18.2 Å². The summed E-state index contributed by atoms with van der Waals surface area (Å²) < 4.78 is 20.8. The molecule has 2 aromatic heterocycles. The largest absolute Gasteiger partial charge is 0.382 e. The van der Waals surface area contributed by atoms with Gasteiger partial charge < -0.3 is 10.5 Å². The van der Waals surface area contributed by atoms with Crippen LogP contribution in [0, 0.1) is 11.2 Å². The minimum absolute atomic E-state index is 0.0186. The molecular weight excluding hydrogens is 361 g/mol. The summed E-state index contributed by atoms with van der Waals surface area (Å²) in [6.45, 7) is 2.85. The molecule has 3 aromatic rings. The van der Waals surface area contributed by atoms with Crippen molar-refractivity contribution >= 4 is 22.7 Å². The van der Waals surface area contributed by atoms with Gasteiger partial charge in [0.1, 0.15) is 23.9 Å². The second-order valence-electron chi connectivity index (χ2n) is 7.15. The van der Waals surface area contributed by atoms with Crippen LogP contribution >= 0.6 is 0 Å². The molecule has 1 fully saturated rings. The van der Waals surface area contributed by atoms with Crippen LogP contribution in [-0.4, -0.2) is 46.1 Å². The number of halogens is 1. The summed E-state index contributed by atoms with van der Waals surface area (Å²) >= 11 is 0. The van der Waals surface area contributed by atoms with Crippen LogP contribution < -0.4 is 5.73 Å². The van der Waals surface area contributed by atoms with Gasteiger partial charge in [-0.2, -0.15) is 5.10 Å². The van der Waals surface area contributed by atoms with Crippen LogP contribution in [0.3, 0.4) is 0 Å². The Labute approximate surface area is 161 Å². The number of pyridine rings is 1. The zero-order valence-corrected chi connectivity index (χ0v) is 15.4. The first-order valence-electron chi connectivity index (χ1n) is 8.94. The number of amidine groups is 1. The van der Waals surface area contributed by atoms with Crippen LogP contribution in [-0.2, 0) is 16.1 Å². The second-order valence-corrected chi connectivity index (χ2v) is 7.15. The van der Waals surface area contributed by atoms with Gasteiger partial charge >= 0.3 is 0 Å². The monoisotopic (exact) mass is 381 g/mol. The summed E-state index contributed by atoms with van der Waals surface area (Å²) in [6, 6.07) is 10.1. The highest BCUT2D eigenvalue weighted by Crippen LogP contribution is 2.27. The molecule has 28 heavy (non-hydrogen) atoms. The van der Waals surface area contributed by atoms with E-state index in [0.29, 0.717) is 35.5 Å². The minimum Gasteiger partial charge on any atom is -0.382 e. The molecule has 0 bridgehead atoms. The molecule has 7 nitrogen and oxygen atoms in total. The number of nitrogens with two attached hydrogens (primary N) is 1. The maximum atomic E-state index is 14.0. The van der Waals surface area contributed by atoms with E-state index in [9.17, 15) is 9.18 Å². The Kier molecular flexibility index (Phi) is 4.64. The number of nitrogens with zero attached hydrogens (tertiary/aromatic N) is 4. The van der Waals surface area contributed by atoms with Crippen molar-refractivity contribution in [2.45, 2.75) is 13.5 Å². The number of carbonyl (C=O) groups is 1. The molecule has 1 saturated heterocycles. The summed E-state index contributed by atoms with van der Waals surface area (Å²) in [5.41, 5.74) is 7.15. The summed E-state index contributed by atoms with van der Waals surface area (Å²) in [4.78, 5) is 20.9. The van der Waals surface area contributed by atoms with Gasteiger partial charge in [-0.05, 0) is 25.1 Å². The smallest absolute Gasteiger partial charge is 0.164 e. The van der Waals surface area contributed by atoms with Crippen molar-refractivity contribution in [1.82, 2.24) is 14.8 Å². The lowest BCUT2D eigenvalue weighted by atomic mass is 9.84. The number of ketones is 1. The van der Waals surface area contributed by atoms with E-state index in [1.54, 1.807) is 35.1 Å². The van der Waals surface area contributed by atoms with Crippen LogP contribution in [0.15, 0.2) is 47.6 Å². The first-order valence-corrected chi connectivity index (χ1v) is 8.94. The molecule has 0 atom stereocenters. The zero-order valence-electron chi connectivity index (χ0n) is 15.4. The van der Waals surface area contributed by atoms with Crippen LogP contribution in [0.5, 0.6) is 0 Å². The van der Waals surface area contributed by atoms with E-state index in [1.165, 1.54) is 6.07 Å². The fourth-order valence-electron chi connectivity index (χ4n) is 3.09. The van der Waals surface area contributed by atoms with Gasteiger partial charge in [0.05, 0.1) is 30.6 Å². The van der Waals surface area contributed by atoms with Crippen molar-refractivity contribution < 1.29 is 13.9 Å². The Morgan fingerprint density at radius 1 is 1.32 bits per heavy atom. The summed E-state index contributed by atoms with van der Waals surface area (Å²) in [6.07, 6.45) is 1.64. The first kappa shape index (κ1) is 18.2. The fourth-order valence-corrected chi connectivity index (χ4v) is 3.09. The predicted molar refractivity (Wildman–Crippen MR) is 103 cm³/mol. The Balaban J connectivity index is 1.65. The van der Waals surface area contributed by atoms with E-state index < -0.39 is 5.41 Å². The van der Waals surface area contributed by atoms with Crippen molar-refractivity contribution in [3.05, 3.63) is 59.7 Å².